The first kappa shape index (κ1) is 21.3. The Hall–Kier alpha value is -1.97. The minimum Gasteiger partial charge on any atom is -0.452 e. The Labute approximate surface area is 159 Å². The fraction of sp³-hybridized carbons (Fsp3) is 0.556. The summed E-state index contributed by atoms with van der Waals surface area (Å²) in [4.78, 5) is 25.4. The van der Waals surface area contributed by atoms with Crippen molar-refractivity contribution in [2.45, 2.75) is 43.7 Å². The van der Waals surface area contributed by atoms with Gasteiger partial charge in [0.15, 0.2) is 6.61 Å². The summed E-state index contributed by atoms with van der Waals surface area (Å²) in [5.41, 5.74) is 0.174. The maximum absolute atomic E-state index is 12.3. The molecule has 0 radical (unpaired) electrons. The minimum atomic E-state index is -3.68. The molecule has 8 nitrogen and oxygen atoms in total. The van der Waals surface area contributed by atoms with E-state index in [1.807, 2.05) is 13.8 Å². The van der Waals surface area contributed by atoms with Gasteiger partial charge in [-0.1, -0.05) is 0 Å². The number of carbonyl (C=O) groups excluding carboxylic acids is 2. The van der Waals surface area contributed by atoms with Gasteiger partial charge >= 0.3 is 5.97 Å². The smallest absolute Gasteiger partial charge is 0.338 e. The van der Waals surface area contributed by atoms with Crippen LogP contribution < -0.4 is 4.72 Å². The van der Waals surface area contributed by atoms with Crippen LogP contribution in [-0.4, -0.2) is 64.1 Å². The van der Waals surface area contributed by atoms with Crippen LogP contribution in [0.3, 0.4) is 0 Å². The lowest BCUT2D eigenvalue weighted by Crippen LogP contribution is -2.36. The van der Waals surface area contributed by atoms with Gasteiger partial charge in [0.1, 0.15) is 0 Å². The third kappa shape index (κ3) is 6.02. The van der Waals surface area contributed by atoms with E-state index in [1.54, 1.807) is 7.05 Å². The minimum absolute atomic E-state index is 0.00262. The van der Waals surface area contributed by atoms with Gasteiger partial charge in [-0.25, -0.2) is 17.9 Å². The standard InChI is InChI=1S/C18H26N2O6S/c1-13(2)20(3)17(21)12-26-18(22)14-6-8-16(9-7-14)27(23,24)19-11-15-5-4-10-25-15/h6-9,13,15,19H,4-5,10-12H2,1-3H3. The van der Waals surface area contributed by atoms with Crippen LogP contribution in [0.15, 0.2) is 29.2 Å². The van der Waals surface area contributed by atoms with Crippen molar-refractivity contribution < 1.29 is 27.5 Å². The second-order valence-electron chi connectivity index (χ2n) is 6.69. The molecule has 150 valence electrons. The molecule has 1 saturated heterocycles. The molecule has 1 fully saturated rings. The van der Waals surface area contributed by atoms with Crippen molar-refractivity contribution >= 4 is 21.9 Å². The second kappa shape index (κ2) is 9.29. The molecule has 1 aliphatic heterocycles. The molecule has 9 heteroatoms. The summed E-state index contributed by atoms with van der Waals surface area (Å²) in [6, 6.07) is 5.38. The Bertz CT molecular complexity index is 755. The van der Waals surface area contributed by atoms with E-state index in [0.717, 1.165) is 12.8 Å². The van der Waals surface area contributed by atoms with E-state index in [4.69, 9.17) is 9.47 Å². The van der Waals surface area contributed by atoms with E-state index in [9.17, 15) is 18.0 Å². The maximum Gasteiger partial charge on any atom is 0.338 e. The Balaban J connectivity index is 1.91. The highest BCUT2D eigenvalue weighted by Crippen LogP contribution is 2.14. The molecule has 1 atom stereocenters. The van der Waals surface area contributed by atoms with Crippen LogP contribution in [0.25, 0.3) is 0 Å². The van der Waals surface area contributed by atoms with Gasteiger partial charge in [-0.05, 0) is 51.0 Å². The second-order valence-corrected chi connectivity index (χ2v) is 8.45. The van der Waals surface area contributed by atoms with E-state index in [-0.39, 0.29) is 41.7 Å². The molecule has 1 unspecified atom stereocenters. The average molecular weight is 398 g/mol. The first-order valence-electron chi connectivity index (χ1n) is 8.85. The van der Waals surface area contributed by atoms with Gasteiger partial charge < -0.3 is 14.4 Å². The molecule has 27 heavy (non-hydrogen) atoms. The zero-order valence-corrected chi connectivity index (χ0v) is 16.6. The Morgan fingerprint density at radius 1 is 1.30 bits per heavy atom. The molecule has 1 aliphatic rings. The van der Waals surface area contributed by atoms with E-state index >= 15 is 0 Å². The third-order valence-corrected chi connectivity index (χ3v) is 5.86. The van der Waals surface area contributed by atoms with E-state index in [2.05, 4.69) is 4.72 Å². The summed E-state index contributed by atoms with van der Waals surface area (Å²) in [6.07, 6.45) is 1.66. The lowest BCUT2D eigenvalue weighted by Gasteiger charge is -2.21. The number of amides is 1. The van der Waals surface area contributed by atoms with Crippen LogP contribution in [0.1, 0.15) is 37.0 Å². The van der Waals surface area contributed by atoms with Crippen molar-refractivity contribution in [2.24, 2.45) is 0 Å². The highest BCUT2D eigenvalue weighted by molar-refractivity contribution is 7.89. The van der Waals surface area contributed by atoms with Crippen LogP contribution in [0.2, 0.25) is 0 Å². The molecule has 0 aromatic heterocycles. The zero-order valence-electron chi connectivity index (χ0n) is 15.8. The molecule has 1 N–H and O–H groups in total. The van der Waals surface area contributed by atoms with Crippen LogP contribution in [0.5, 0.6) is 0 Å². The topological polar surface area (TPSA) is 102 Å². The highest BCUT2D eigenvalue weighted by Gasteiger charge is 2.21. The first-order valence-corrected chi connectivity index (χ1v) is 10.3. The van der Waals surface area contributed by atoms with Crippen molar-refractivity contribution in [3.63, 3.8) is 0 Å². The molecule has 1 amide bonds. The third-order valence-electron chi connectivity index (χ3n) is 4.42. The van der Waals surface area contributed by atoms with E-state index < -0.39 is 16.0 Å². The molecule has 2 rings (SSSR count). The number of nitrogens with zero attached hydrogens (tertiary/aromatic N) is 1. The van der Waals surface area contributed by atoms with Crippen molar-refractivity contribution in [1.82, 2.24) is 9.62 Å². The maximum atomic E-state index is 12.3. The summed E-state index contributed by atoms with van der Waals surface area (Å²) in [7, 11) is -2.05. The summed E-state index contributed by atoms with van der Waals surface area (Å²) < 4.78 is 37.5. The molecule has 0 saturated carbocycles. The Morgan fingerprint density at radius 2 is 1.96 bits per heavy atom. The fourth-order valence-electron chi connectivity index (χ4n) is 2.46. The average Bonchev–Trinajstić information content (AvgIpc) is 3.17. The SMILES string of the molecule is CC(C)N(C)C(=O)COC(=O)c1ccc(S(=O)(=O)NCC2CCCO2)cc1. The monoisotopic (exact) mass is 398 g/mol. The van der Waals surface area contributed by atoms with Crippen LogP contribution in [0, 0.1) is 0 Å². The zero-order chi connectivity index (χ0) is 20.0. The number of sulfonamides is 1. The van der Waals surface area contributed by atoms with Crippen LogP contribution in [0.4, 0.5) is 0 Å². The van der Waals surface area contributed by atoms with E-state index in [0.29, 0.717) is 6.61 Å². The van der Waals surface area contributed by atoms with Crippen molar-refractivity contribution in [2.75, 3.05) is 26.8 Å². The molecular weight excluding hydrogens is 372 g/mol. The van der Waals surface area contributed by atoms with Gasteiger partial charge in [-0.15, -0.1) is 0 Å². The summed E-state index contributed by atoms with van der Waals surface area (Å²) in [5, 5.41) is 0. The van der Waals surface area contributed by atoms with Crippen molar-refractivity contribution in [3.05, 3.63) is 29.8 Å². The molecule has 1 heterocycles. The predicted molar refractivity (Wildman–Crippen MR) is 98.8 cm³/mol. The Morgan fingerprint density at radius 3 is 2.52 bits per heavy atom. The van der Waals surface area contributed by atoms with E-state index in [1.165, 1.54) is 29.2 Å². The lowest BCUT2D eigenvalue weighted by molar-refractivity contribution is -0.134. The van der Waals surface area contributed by atoms with Crippen molar-refractivity contribution in [3.8, 4) is 0 Å². The number of hydrogen-bond acceptors (Lipinski definition) is 6. The fourth-order valence-corrected chi connectivity index (χ4v) is 3.53. The Kier molecular flexibility index (Phi) is 7.34. The number of rotatable bonds is 8. The molecule has 0 spiro atoms. The number of ether oxygens (including phenoxy) is 2. The number of benzene rings is 1. The van der Waals surface area contributed by atoms with Gasteiger partial charge in [0.25, 0.3) is 5.91 Å². The van der Waals surface area contributed by atoms with Crippen molar-refractivity contribution in [1.29, 1.82) is 0 Å². The molecular formula is C18H26N2O6S. The number of nitrogens with one attached hydrogen (secondary N) is 1. The highest BCUT2D eigenvalue weighted by atomic mass is 32.2. The summed E-state index contributed by atoms with van der Waals surface area (Å²) in [6.45, 7) is 4.21. The molecule has 0 aliphatic carbocycles. The normalized spacial score (nSPS) is 17.1. The summed E-state index contributed by atoms with van der Waals surface area (Å²) >= 11 is 0. The predicted octanol–water partition coefficient (Wildman–Crippen LogP) is 1.17. The molecule has 1 aromatic carbocycles. The van der Waals surface area contributed by atoms with Gasteiger partial charge in [0, 0.05) is 26.2 Å². The number of hydrogen-bond donors (Lipinski definition) is 1. The first-order chi connectivity index (χ1) is 12.7. The van der Waals surface area contributed by atoms with Gasteiger partial charge in [0.2, 0.25) is 10.0 Å². The number of carbonyl (C=O) groups is 2. The number of likely N-dealkylation sites (N-methyl/N-ethyl adjacent to an activating group) is 1. The van der Waals surface area contributed by atoms with Crippen LogP contribution in [-0.2, 0) is 24.3 Å². The molecule has 0 bridgehead atoms. The number of esters is 1. The van der Waals surface area contributed by atoms with Crippen LogP contribution >= 0.6 is 0 Å². The van der Waals surface area contributed by atoms with Gasteiger partial charge in [-0.3, -0.25) is 4.79 Å². The lowest BCUT2D eigenvalue weighted by atomic mass is 10.2. The summed E-state index contributed by atoms with van der Waals surface area (Å²) in [5.74, 6) is -0.993. The van der Waals surface area contributed by atoms with Gasteiger partial charge in [0.05, 0.1) is 16.6 Å². The quantitative estimate of drug-likeness (QED) is 0.660. The van der Waals surface area contributed by atoms with Gasteiger partial charge in [-0.2, -0.15) is 0 Å². The molecule has 1 aromatic rings. The largest absolute Gasteiger partial charge is 0.452 e.